The van der Waals surface area contributed by atoms with Gasteiger partial charge in [0.15, 0.2) is 0 Å². The lowest BCUT2D eigenvalue weighted by molar-refractivity contribution is 0.250. The van der Waals surface area contributed by atoms with Crippen LogP contribution in [0.3, 0.4) is 0 Å². The number of halogens is 2. The quantitative estimate of drug-likeness (QED) is 0.794. The van der Waals surface area contributed by atoms with Crippen molar-refractivity contribution < 1.29 is 0 Å². The molecule has 1 saturated heterocycles. The minimum atomic E-state index is 0.809. The van der Waals surface area contributed by atoms with Gasteiger partial charge in [-0.05, 0) is 35.9 Å². The van der Waals surface area contributed by atoms with Gasteiger partial charge in [0.1, 0.15) is 0 Å². The van der Waals surface area contributed by atoms with Gasteiger partial charge in [0.2, 0.25) is 0 Å². The van der Waals surface area contributed by atoms with E-state index < -0.39 is 0 Å². The second-order valence-electron chi connectivity index (χ2n) is 5.37. The smallest absolute Gasteiger partial charge is 0.0426 e. The topological polar surface area (TPSA) is 6.48 Å². The van der Waals surface area contributed by atoms with Crippen LogP contribution in [0.5, 0.6) is 0 Å². The summed E-state index contributed by atoms with van der Waals surface area (Å²) in [5.74, 6) is 0. The van der Waals surface area contributed by atoms with E-state index in [4.69, 9.17) is 11.6 Å². The van der Waals surface area contributed by atoms with Gasteiger partial charge in [0.25, 0.3) is 0 Å². The fourth-order valence-electron chi connectivity index (χ4n) is 2.73. The zero-order chi connectivity index (χ0) is 14.7. The molecule has 3 rings (SSSR count). The molecule has 110 valence electrons. The van der Waals surface area contributed by atoms with Crippen LogP contribution < -0.4 is 4.90 Å². The Bertz CT molecular complexity index is 609. The van der Waals surface area contributed by atoms with Gasteiger partial charge in [0, 0.05) is 47.9 Å². The molecule has 2 aromatic rings. The van der Waals surface area contributed by atoms with Crippen molar-refractivity contribution in [2.75, 3.05) is 31.1 Å². The molecule has 0 aromatic heterocycles. The van der Waals surface area contributed by atoms with Crippen LogP contribution in [-0.4, -0.2) is 31.1 Å². The Morgan fingerprint density at radius 1 is 0.952 bits per heavy atom. The Morgan fingerprint density at radius 3 is 2.43 bits per heavy atom. The normalized spacial score (nSPS) is 16.2. The molecule has 0 N–H and O–H groups in total. The molecule has 1 fully saturated rings. The van der Waals surface area contributed by atoms with E-state index in [2.05, 4.69) is 56.1 Å². The molecule has 0 atom stereocenters. The van der Waals surface area contributed by atoms with E-state index in [9.17, 15) is 0 Å². The first-order valence-electron chi connectivity index (χ1n) is 7.18. The van der Waals surface area contributed by atoms with Crippen LogP contribution in [0.25, 0.3) is 0 Å². The molecule has 0 amide bonds. The van der Waals surface area contributed by atoms with Crippen molar-refractivity contribution in [2.45, 2.75) is 6.54 Å². The largest absolute Gasteiger partial charge is 0.369 e. The van der Waals surface area contributed by atoms with Crippen LogP contribution in [0.15, 0.2) is 53.0 Å². The minimum absolute atomic E-state index is 0.809. The highest BCUT2D eigenvalue weighted by molar-refractivity contribution is 9.10. The van der Waals surface area contributed by atoms with Crippen molar-refractivity contribution >= 4 is 33.2 Å². The van der Waals surface area contributed by atoms with Gasteiger partial charge in [-0.3, -0.25) is 4.90 Å². The van der Waals surface area contributed by atoms with Crippen LogP contribution in [0.2, 0.25) is 5.02 Å². The van der Waals surface area contributed by atoms with Gasteiger partial charge < -0.3 is 4.90 Å². The van der Waals surface area contributed by atoms with E-state index in [0.717, 1.165) is 42.2 Å². The summed E-state index contributed by atoms with van der Waals surface area (Å²) in [6.45, 7) is 5.28. The summed E-state index contributed by atoms with van der Waals surface area (Å²) in [6, 6.07) is 16.7. The number of anilines is 1. The number of piperazine rings is 1. The zero-order valence-electron chi connectivity index (χ0n) is 11.8. The predicted octanol–water partition coefficient (Wildman–Crippen LogP) is 4.42. The lowest BCUT2D eigenvalue weighted by Crippen LogP contribution is -2.45. The molecule has 2 aromatic carbocycles. The monoisotopic (exact) mass is 364 g/mol. The van der Waals surface area contributed by atoms with E-state index in [-0.39, 0.29) is 0 Å². The highest BCUT2D eigenvalue weighted by Gasteiger charge is 2.17. The number of rotatable bonds is 3. The summed E-state index contributed by atoms with van der Waals surface area (Å²) >= 11 is 9.61. The van der Waals surface area contributed by atoms with E-state index in [1.807, 2.05) is 18.2 Å². The Labute approximate surface area is 139 Å². The van der Waals surface area contributed by atoms with Crippen LogP contribution >= 0.6 is 27.5 Å². The van der Waals surface area contributed by atoms with E-state index in [0.29, 0.717) is 0 Å². The Hall–Kier alpha value is -1.03. The number of hydrogen-bond acceptors (Lipinski definition) is 2. The second kappa shape index (κ2) is 6.82. The van der Waals surface area contributed by atoms with Crippen LogP contribution in [0.4, 0.5) is 5.69 Å². The molecular weight excluding hydrogens is 348 g/mol. The summed E-state index contributed by atoms with van der Waals surface area (Å²) in [5, 5.41) is 0.809. The van der Waals surface area contributed by atoms with Gasteiger partial charge >= 0.3 is 0 Å². The third-order valence-electron chi connectivity index (χ3n) is 3.84. The number of hydrogen-bond donors (Lipinski definition) is 0. The van der Waals surface area contributed by atoms with Crippen molar-refractivity contribution in [3.63, 3.8) is 0 Å². The summed E-state index contributed by atoms with van der Waals surface area (Å²) < 4.78 is 1.15. The number of benzene rings is 2. The first kappa shape index (κ1) is 14.9. The third kappa shape index (κ3) is 4.00. The average molecular weight is 366 g/mol. The Morgan fingerprint density at radius 2 is 1.71 bits per heavy atom. The lowest BCUT2D eigenvalue weighted by Gasteiger charge is -2.36. The van der Waals surface area contributed by atoms with Crippen molar-refractivity contribution in [2.24, 2.45) is 0 Å². The molecule has 0 unspecified atom stereocenters. The first-order chi connectivity index (χ1) is 10.2. The van der Waals surface area contributed by atoms with Crippen molar-refractivity contribution in [1.82, 2.24) is 4.90 Å². The van der Waals surface area contributed by atoms with E-state index >= 15 is 0 Å². The van der Waals surface area contributed by atoms with Gasteiger partial charge in [-0.15, -0.1) is 0 Å². The van der Waals surface area contributed by atoms with Crippen molar-refractivity contribution in [3.8, 4) is 0 Å². The summed E-state index contributed by atoms with van der Waals surface area (Å²) in [4.78, 5) is 4.91. The SMILES string of the molecule is Clc1cccc(N2CCN(Cc3cccc(Br)c3)CC2)c1. The van der Waals surface area contributed by atoms with E-state index in [1.165, 1.54) is 11.3 Å². The molecule has 1 aliphatic rings. The fraction of sp³-hybridized carbons (Fsp3) is 0.294. The average Bonchev–Trinajstić information content (AvgIpc) is 2.48. The van der Waals surface area contributed by atoms with Gasteiger partial charge in [-0.1, -0.05) is 45.7 Å². The Balaban J connectivity index is 1.58. The molecule has 4 heteroatoms. The van der Waals surface area contributed by atoms with Crippen LogP contribution in [0, 0.1) is 0 Å². The lowest BCUT2D eigenvalue weighted by atomic mass is 10.2. The fourth-order valence-corrected chi connectivity index (χ4v) is 3.36. The van der Waals surface area contributed by atoms with Crippen molar-refractivity contribution in [1.29, 1.82) is 0 Å². The molecule has 1 aliphatic heterocycles. The van der Waals surface area contributed by atoms with Gasteiger partial charge in [0.05, 0.1) is 0 Å². The molecule has 0 saturated carbocycles. The highest BCUT2D eigenvalue weighted by atomic mass is 79.9. The Kier molecular flexibility index (Phi) is 4.84. The molecule has 0 bridgehead atoms. The minimum Gasteiger partial charge on any atom is -0.369 e. The highest BCUT2D eigenvalue weighted by Crippen LogP contribution is 2.21. The predicted molar refractivity (Wildman–Crippen MR) is 93.1 cm³/mol. The second-order valence-corrected chi connectivity index (χ2v) is 6.73. The van der Waals surface area contributed by atoms with Crippen LogP contribution in [0.1, 0.15) is 5.56 Å². The first-order valence-corrected chi connectivity index (χ1v) is 8.35. The molecule has 0 radical (unpaired) electrons. The molecule has 0 spiro atoms. The summed E-state index contributed by atoms with van der Waals surface area (Å²) in [5.41, 5.74) is 2.59. The third-order valence-corrected chi connectivity index (χ3v) is 4.57. The molecule has 2 nitrogen and oxygen atoms in total. The number of nitrogens with zero attached hydrogens (tertiary/aromatic N) is 2. The molecule has 21 heavy (non-hydrogen) atoms. The maximum absolute atomic E-state index is 6.07. The van der Waals surface area contributed by atoms with E-state index in [1.54, 1.807) is 0 Å². The molecule has 0 aliphatic carbocycles. The van der Waals surface area contributed by atoms with Gasteiger partial charge in [-0.25, -0.2) is 0 Å². The summed E-state index contributed by atoms with van der Waals surface area (Å²) in [6.07, 6.45) is 0. The summed E-state index contributed by atoms with van der Waals surface area (Å²) in [7, 11) is 0. The maximum atomic E-state index is 6.07. The van der Waals surface area contributed by atoms with Crippen LogP contribution in [-0.2, 0) is 6.54 Å². The standard InChI is InChI=1S/C17H18BrClN2/c18-15-4-1-3-14(11-15)13-20-7-9-21(10-8-20)17-6-2-5-16(19)12-17/h1-6,11-12H,7-10,13H2. The van der Waals surface area contributed by atoms with Crippen molar-refractivity contribution in [3.05, 3.63) is 63.6 Å². The molecular formula is C17H18BrClN2. The maximum Gasteiger partial charge on any atom is 0.0426 e. The molecule has 1 heterocycles. The van der Waals surface area contributed by atoms with Gasteiger partial charge in [-0.2, -0.15) is 0 Å². The zero-order valence-corrected chi connectivity index (χ0v) is 14.1.